The van der Waals surface area contributed by atoms with Gasteiger partial charge in [0.05, 0.1) is 4.92 Å². The Bertz CT molecular complexity index is 950. The fourth-order valence-electron chi connectivity index (χ4n) is 2.88. The van der Waals surface area contributed by atoms with Crippen molar-refractivity contribution in [1.29, 1.82) is 0 Å². The molecule has 0 saturated carbocycles. The van der Waals surface area contributed by atoms with Crippen molar-refractivity contribution in [2.24, 2.45) is 0 Å². The van der Waals surface area contributed by atoms with Crippen molar-refractivity contribution < 1.29 is 4.92 Å². The number of nitrogens with one attached hydrogen (secondary N) is 2. The predicted octanol–water partition coefficient (Wildman–Crippen LogP) is 5.05. The van der Waals surface area contributed by atoms with Crippen molar-refractivity contribution in [3.63, 3.8) is 0 Å². The second-order valence-corrected chi connectivity index (χ2v) is 6.35. The molecule has 7 nitrogen and oxygen atoms in total. The lowest BCUT2D eigenvalue weighted by Crippen LogP contribution is -2.05. The Labute approximate surface area is 157 Å². The van der Waals surface area contributed by atoms with Gasteiger partial charge < -0.3 is 10.6 Å². The van der Waals surface area contributed by atoms with Gasteiger partial charge in [-0.05, 0) is 61.2 Å². The average molecular weight is 363 g/mol. The molecule has 0 fully saturated rings. The van der Waals surface area contributed by atoms with Crippen LogP contribution in [0.2, 0.25) is 0 Å². The van der Waals surface area contributed by atoms with Gasteiger partial charge in [-0.25, -0.2) is 9.97 Å². The van der Waals surface area contributed by atoms with Gasteiger partial charge in [0.15, 0.2) is 0 Å². The zero-order valence-corrected chi connectivity index (χ0v) is 15.5. The predicted molar refractivity (Wildman–Crippen MR) is 107 cm³/mol. The molecule has 0 amide bonds. The molecule has 2 aromatic carbocycles. The lowest BCUT2D eigenvalue weighted by Gasteiger charge is -2.11. The Morgan fingerprint density at radius 1 is 0.926 bits per heavy atom. The topological polar surface area (TPSA) is 93.0 Å². The van der Waals surface area contributed by atoms with E-state index >= 15 is 0 Å². The molecule has 0 atom stereocenters. The highest BCUT2D eigenvalue weighted by Gasteiger charge is 2.23. The summed E-state index contributed by atoms with van der Waals surface area (Å²) in [4.78, 5) is 19.4. The SMILES string of the molecule is CCc1ccc(Nc2ncnc(Nc3cc(C)cc(C)c3)c2[N+](=O)[O-])cc1. The van der Waals surface area contributed by atoms with Gasteiger partial charge in [0.1, 0.15) is 6.33 Å². The Morgan fingerprint density at radius 3 is 2.00 bits per heavy atom. The van der Waals surface area contributed by atoms with E-state index in [-0.39, 0.29) is 17.3 Å². The van der Waals surface area contributed by atoms with E-state index in [4.69, 9.17) is 0 Å². The summed E-state index contributed by atoms with van der Waals surface area (Å²) in [5.41, 5.74) is 4.58. The molecule has 0 aliphatic carbocycles. The number of hydrogen-bond donors (Lipinski definition) is 2. The highest BCUT2D eigenvalue weighted by Crippen LogP contribution is 2.33. The van der Waals surface area contributed by atoms with Crippen molar-refractivity contribution in [3.05, 3.63) is 75.6 Å². The molecule has 1 heterocycles. The number of rotatable bonds is 6. The number of anilines is 4. The molecule has 3 rings (SSSR count). The molecule has 1 aromatic heterocycles. The molecule has 0 radical (unpaired) electrons. The average Bonchev–Trinajstić information content (AvgIpc) is 2.61. The fourth-order valence-corrected chi connectivity index (χ4v) is 2.88. The van der Waals surface area contributed by atoms with E-state index in [0.717, 1.165) is 28.9 Å². The standard InChI is InChI=1S/C20H21N5O2/c1-4-15-5-7-16(8-6-15)23-19-18(25(26)27)20(22-12-21-19)24-17-10-13(2)9-14(3)11-17/h5-12H,4H2,1-3H3,(H2,21,22,23,24). The van der Waals surface area contributed by atoms with Crippen LogP contribution in [0, 0.1) is 24.0 Å². The molecule has 0 unspecified atom stereocenters. The summed E-state index contributed by atoms with van der Waals surface area (Å²) in [5, 5.41) is 17.8. The van der Waals surface area contributed by atoms with Crippen molar-refractivity contribution in [3.8, 4) is 0 Å². The van der Waals surface area contributed by atoms with Crippen LogP contribution in [0.4, 0.5) is 28.7 Å². The molecule has 138 valence electrons. The van der Waals surface area contributed by atoms with E-state index in [1.165, 1.54) is 11.9 Å². The van der Waals surface area contributed by atoms with E-state index in [1.54, 1.807) is 0 Å². The second kappa shape index (κ2) is 7.82. The minimum atomic E-state index is -0.478. The fraction of sp³-hybridized carbons (Fsp3) is 0.200. The third-order valence-corrected chi connectivity index (χ3v) is 4.11. The number of hydrogen-bond acceptors (Lipinski definition) is 6. The van der Waals surface area contributed by atoms with Crippen LogP contribution >= 0.6 is 0 Å². The second-order valence-electron chi connectivity index (χ2n) is 6.35. The zero-order chi connectivity index (χ0) is 19.4. The number of nitro groups is 1. The van der Waals surface area contributed by atoms with Gasteiger partial charge in [-0.3, -0.25) is 10.1 Å². The van der Waals surface area contributed by atoms with Crippen molar-refractivity contribution in [2.45, 2.75) is 27.2 Å². The quantitative estimate of drug-likeness (QED) is 0.470. The van der Waals surface area contributed by atoms with Crippen LogP contribution in [0.5, 0.6) is 0 Å². The number of aryl methyl sites for hydroxylation is 3. The van der Waals surface area contributed by atoms with Crippen LogP contribution in [0.1, 0.15) is 23.6 Å². The minimum Gasteiger partial charge on any atom is -0.334 e. The lowest BCUT2D eigenvalue weighted by molar-refractivity contribution is -0.383. The summed E-state index contributed by atoms with van der Waals surface area (Å²) in [6.07, 6.45) is 2.23. The van der Waals surface area contributed by atoms with Gasteiger partial charge >= 0.3 is 5.69 Å². The highest BCUT2D eigenvalue weighted by atomic mass is 16.6. The summed E-state index contributed by atoms with van der Waals surface area (Å²) in [6.45, 7) is 6.02. The first-order valence-corrected chi connectivity index (χ1v) is 8.67. The number of nitrogens with zero attached hydrogens (tertiary/aromatic N) is 3. The van der Waals surface area contributed by atoms with Gasteiger partial charge in [-0.1, -0.05) is 25.1 Å². The molecule has 2 N–H and O–H groups in total. The van der Waals surface area contributed by atoms with Crippen LogP contribution in [0.25, 0.3) is 0 Å². The lowest BCUT2D eigenvalue weighted by atomic mass is 10.1. The van der Waals surface area contributed by atoms with E-state index in [0.29, 0.717) is 0 Å². The first-order valence-electron chi connectivity index (χ1n) is 8.67. The molecule has 27 heavy (non-hydrogen) atoms. The summed E-state index contributed by atoms with van der Waals surface area (Å²) in [7, 11) is 0. The number of aromatic nitrogens is 2. The van der Waals surface area contributed by atoms with Crippen LogP contribution < -0.4 is 10.6 Å². The molecule has 0 spiro atoms. The third kappa shape index (κ3) is 4.38. The molecule has 3 aromatic rings. The summed E-state index contributed by atoms with van der Waals surface area (Å²) < 4.78 is 0. The summed E-state index contributed by atoms with van der Waals surface area (Å²) >= 11 is 0. The molecule has 0 aliphatic heterocycles. The maximum absolute atomic E-state index is 11.7. The van der Waals surface area contributed by atoms with Gasteiger partial charge in [0.25, 0.3) is 0 Å². The van der Waals surface area contributed by atoms with Crippen molar-refractivity contribution in [1.82, 2.24) is 9.97 Å². The first kappa shape index (κ1) is 18.3. The summed E-state index contributed by atoms with van der Waals surface area (Å²) in [6, 6.07) is 13.6. The van der Waals surface area contributed by atoms with Gasteiger partial charge in [0, 0.05) is 11.4 Å². The van der Waals surface area contributed by atoms with Crippen LogP contribution in [0.3, 0.4) is 0 Å². The maximum Gasteiger partial charge on any atom is 0.353 e. The first-order chi connectivity index (χ1) is 13.0. The van der Waals surface area contributed by atoms with Crippen LogP contribution in [-0.4, -0.2) is 14.9 Å². The highest BCUT2D eigenvalue weighted by molar-refractivity contribution is 5.77. The molecular formula is C20H21N5O2. The Hall–Kier alpha value is -3.48. The Kier molecular flexibility index (Phi) is 5.30. The maximum atomic E-state index is 11.7. The molecule has 0 bridgehead atoms. The number of benzene rings is 2. The minimum absolute atomic E-state index is 0.145. The van der Waals surface area contributed by atoms with Gasteiger partial charge in [-0.15, -0.1) is 0 Å². The zero-order valence-electron chi connectivity index (χ0n) is 15.5. The van der Waals surface area contributed by atoms with Crippen molar-refractivity contribution in [2.75, 3.05) is 10.6 Å². The van der Waals surface area contributed by atoms with E-state index in [2.05, 4.69) is 27.5 Å². The third-order valence-electron chi connectivity index (χ3n) is 4.11. The molecule has 7 heteroatoms. The Morgan fingerprint density at radius 2 is 1.48 bits per heavy atom. The van der Waals surface area contributed by atoms with Crippen LogP contribution in [-0.2, 0) is 6.42 Å². The largest absolute Gasteiger partial charge is 0.353 e. The van der Waals surface area contributed by atoms with Gasteiger partial charge in [-0.2, -0.15) is 0 Å². The monoisotopic (exact) mass is 363 g/mol. The Balaban J connectivity index is 1.95. The van der Waals surface area contributed by atoms with Gasteiger partial charge in [0.2, 0.25) is 11.6 Å². The molecule has 0 aliphatic rings. The van der Waals surface area contributed by atoms with E-state index in [1.807, 2.05) is 56.3 Å². The van der Waals surface area contributed by atoms with E-state index < -0.39 is 4.92 Å². The normalized spacial score (nSPS) is 10.5. The van der Waals surface area contributed by atoms with Crippen molar-refractivity contribution >= 4 is 28.7 Å². The van der Waals surface area contributed by atoms with Crippen LogP contribution in [0.15, 0.2) is 48.8 Å². The molecular weight excluding hydrogens is 342 g/mol. The smallest absolute Gasteiger partial charge is 0.334 e. The summed E-state index contributed by atoms with van der Waals surface area (Å²) in [5.74, 6) is 0.291. The molecule has 0 saturated heterocycles. The van der Waals surface area contributed by atoms with E-state index in [9.17, 15) is 10.1 Å².